The van der Waals surface area contributed by atoms with Gasteiger partial charge in [0.1, 0.15) is 5.92 Å². The third kappa shape index (κ3) is 2.62. The van der Waals surface area contributed by atoms with Gasteiger partial charge in [-0.3, -0.25) is 4.79 Å². The minimum Gasteiger partial charge on any atom is -0.481 e. The molecule has 0 amide bonds. The number of hydrogen-bond acceptors (Lipinski definition) is 6. The number of carboxylic acid groups (broad SMARTS) is 1. The predicted molar refractivity (Wildman–Crippen MR) is 74.9 cm³/mol. The van der Waals surface area contributed by atoms with E-state index in [0.29, 0.717) is 13.0 Å². The topological polar surface area (TPSA) is 75.1 Å². The summed E-state index contributed by atoms with van der Waals surface area (Å²) in [5.74, 6) is -1.20. The van der Waals surface area contributed by atoms with E-state index in [2.05, 4.69) is 15.3 Å². The number of aliphatic carboxylic acids is 1. The maximum absolute atomic E-state index is 11.2. The summed E-state index contributed by atoms with van der Waals surface area (Å²) in [6, 6.07) is 0. The molecular formula is C12H13N3O2S2. The molecule has 2 heterocycles. The number of nitrogens with zero attached hydrogens (tertiary/aromatic N) is 2. The zero-order chi connectivity index (χ0) is 13.2. The molecule has 5 nitrogen and oxygen atoms in total. The lowest BCUT2D eigenvalue weighted by molar-refractivity contribution is -0.139. The van der Waals surface area contributed by atoms with Crippen LogP contribution in [0.4, 0.5) is 5.13 Å². The Hall–Kier alpha value is -1.47. The van der Waals surface area contributed by atoms with Crippen LogP contribution in [0.2, 0.25) is 0 Å². The minimum atomic E-state index is -0.766. The average molecular weight is 295 g/mol. The standard InChI is InChI=1S/C12H13N3O2S2/c16-11(17)8-2-1-3-9-10(8)15-12(19-9)13-4-7-5-18-6-14-7/h5-6,8H,1-4H2,(H,13,15)(H,16,17). The molecule has 19 heavy (non-hydrogen) atoms. The molecule has 0 aliphatic heterocycles. The summed E-state index contributed by atoms with van der Waals surface area (Å²) in [5, 5.41) is 15.2. The summed E-state index contributed by atoms with van der Waals surface area (Å²) in [7, 11) is 0. The monoisotopic (exact) mass is 295 g/mol. The number of hydrogen-bond donors (Lipinski definition) is 2. The Kier molecular flexibility index (Phi) is 3.48. The first-order chi connectivity index (χ1) is 9.24. The maximum atomic E-state index is 11.2. The first-order valence-electron chi connectivity index (χ1n) is 6.07. The van der Waals surface area contributed by atoms with Crippen molar-refractivity contribution in [3.8, 4) is 0 Å². The number of rotatable bonds is 4. The van der Waals surface area contributed by atoms with Crippen LogP contribution in [0, 0.1) is 0 Å². The van der Waals surface area contributed by atoms with Crippen LogP contribution in [-0.2, 0) is 17.8 Å². The van der Waals surface area contributed by atoms with Gasteiger partial charge in [-0.05, 0) is 19.3 Å². The van der Waals surface area contributed by atoms with Crippen LogP contribution in [-0.4, -0.2) is 21.0 Å². The number of aryl methyl sites for hydroxylation is 1. The van der Waals surface area contributed by atoms with E-state index in [-0.39, 0.29) is 0 Å². The van der Waals surface area contributed by atoms with Crippen molar-refractivity contribution < 1.29 is 9.90 Å². The fourth-order valence-corrected chi connectivity index (χ4v) is 3.84. The number of carboxylic acids is 1. The van der Waals surface area contributed by atoms with Crippen molar-refractivity contribution >= 4 is 33.8 Å². The molecule has 0 fully saturated rings. The Morgan fingerprint density at radius 1 is 1.58 bits per heavy atom. The van der Waals surface area contributed by atoms with Gasteiger partial charge in [-0.15, -0.1) is 22.7 Å². The van der Waals surface area contributed by atoms with E-state index in [4.69, 9.17) is 0 Å². The number of nitrogens with one attached hydrogen (secondary N) is 1. The number of fused-ring (bicyclic) bond motifs is 1. The molecule has 0 saturated carbocycles. The van der Waals surface area contributed by atoms with Gasteiger partial charge in [0.15, 0.2) is 5.13 Å². The van der Waals surface area contributed by atoms with Gasteiger partial charge < -0.3 is 10.4 Å². The Morgan fingerprint density at radius 3 is 3.21 bits per heavy atom. The van der Waals surface area contributed by atoms with Crippen molar-refractivity contribution in [1.29, 1.82) is 0 Å². The molecule has 2 aromatic rings. The molecule has 2 aromatic heterocycles. The molecule has 0 bridgehead atoms. The third-order valence-corrected chi connectivity index (χ3v) is 4.88. The molecule has 1 atom stereocenters. The highest BCUT2D eigenvalue weighted by Crippen LogP contribution is 2.36. The van der Waals surface area contributed by atoms with Gasteiger partial charge in [-0.1, -0.05) is 0 Å². The first kappa shape index (κ1) is 12.6. The first-order valence-corrected chi connectivity index (χ1v) is 7.83. The molecule has 1 aliphatic rings. The normalized spacial score (nSPS) is 18.0. The van der Waals surface area contributed by atoms with Crippen molar-refractivity contribution in [2.24, 2.45) is 0 Å². The molecule has 100 valence electrons. The molecular weight excluding hydrogens is 282 g/mol. The number of thiazole rings is 2. The quantitative estimate of drug-likeness (QED) is 0.907. The molecule has 0 saturated heterocycles. The van der Waals surface area contributed by atoms with E-state index in [0.717, 1.165) is 34.2 Å². The summed E-state index contributed by atoms with van der Waals surface area (Å²) in [4.78, 5) is 21.0. The fraction of sp³-hybridized carbons (Fsp3) is 0.417. The van der Waals surface area contributed by atoms with E-state index in [1.165, 1.54) is 0 Å². The second kappa shape index (κ2) is 5.26. The summed E-state index contributed by atoms with van der Waals surface area (Å²) < 4.78 is 0. The predicted octanol–water partition coefficient (Wildman–Crippen LogP) is 2.72. The number of anilines is 1. The van der Waals surface area contributed by atoms with Crippen LogP contribution in [0.5, 0.6) is 0 Å². The molecule has 3 rings (SSSR count). The van der Waals surface area contributed by atoms with Crippen molar-refractivity contribution in [3.63, 3.8) is 0 Å². The van der Waals surface area contributed by atoms with Gasteiger partial charge in [0.2, 0.25) is 0 Å². The van der Waals surface area contributed by atoms with Gasteiger partial charge in [-0.2, -0.15) is 0 Å². The van der Waals surface area contributed by atoms with Crippen LogP contribution >= 0.6 is 22.7 Å². The summed E-state index contributed by atoms with van der Waals surface area (Å²) >= 11 is 3.13. The lowest BCUT2D eigenvalue weighted by atomic mass is 9.91. The lowest BCUT2D eigenvalue weighted by Crippen LogP contribution is -2.17. The highest BCUT2D eigenvalue weighted by molar-refractivity contribution is 7.15. The Labute approximate surface area is 118 Å². The van der Waals surface area contributed by atoms with E-state index in [9.17, 15) is 9.90 Å². The molecule has 2 N–H and O–H groups in total. The highest BCUT2D eigenvalue weighted by Gasteiger charge is 2.29. The summed E-state index contributed by atoms with van der Waals surface area (Å²) in [6.07, 6.45) is 2.56. The van der Waals surface area contributed by atoms with Crippen molar-refractivity contribution in [2.45, 2.75) is 31.7 Å². The summed E-state index contributed by atoms with van der Waals surface area (Å²) in [6.45, 7) is 0.633. The van der Waals surface area contributed by atoms with E-state index in [1.807, 2.05) is 5.38 Å². The van der Waals surface area contributed by atoms with Gasteiger partial charge >= 0.3 is 5.97 Å². The van der Waals surface area contributed by atoms with Gasteiger partial charge in [0, 0.05) is 10.3 Å². The third-order valence-electron chi connectivity index (χ3n) is 3.16. The zero-order valence-electron chi connectivity index (χ0n) is 10.1. The van der Waals surface area contributed by atoms with Crippen LogP contribution in [0.15, 0.2) is 10.9 Å². The van der Waals surface area contributed by atoms with Crippen molar-refractivity contribution in [1.82, 2.24) is 9.97 Å². The lowest BCUT2D eigenvalue weighted by Gasteiger charge is -2.16. The van der Waals surface area contributed by atoms with Gasteiger partial charge in [0.05, 0.1) is 23.4 Å². The Bertz CT molecular complexity index is 580. The fourth-order valence-electron chi connectivity index (χ4n) is 2.23. The SMILES string of the molecule is O=C(O)C1CCCc2sc(NCc3cscn3)nc21. The molecule has 7 heteroatoms. The summed E-state index contributed by atoms with van der Waals surface area (Å²) in [5.41, 5.74) is 3.53. The van der Waals surface area contributed by atoms with E-state index in [1.54, 1.807) is 28.2 Å². The van der Waals surface area contributed by atoms with Crippen LogP contribution in [0.1, 0.15) is 35.0 Å². The van der Waals surface area contributed by atoms with E-state index < -0.39 is 11.9 Å². The molecule has 1 unspecified atom stereocenters. The van der Waals surface area contributed by atoms with Crippen LogP contribution in [0.3, 0.4) is 0 Å². The smallest absolute Gasteiger partial charge is 0.312 e. The van der Waals surface area contributed by atoms with Crippen LogP contribution < -0.4 is 5.32 Å². The molecule has 1 aliphatic carbocycles. The van der Waals surface area contributed by atoms with Crippen LogP contribution in [0.25, 0.3) is 0 Å². The van der Waals surface area contributed by atoms with Gasteiger partial charge in [0.25, 0.3) is 0 Å². The Morgan fingerprint density at radius 2 is 2.47 bits per heavy atom. The largest absolute Gasteiger partial charge is 0.481 e. The molecule has 0 aromatic carbocycles. The Balaban J connectivity index is 1.76. The van der Waals surface area contributed by atoms with Crippen molar-refractivity contribution in [2.75, 3.05) is 5.32 Å². The minimum absolute atomic E-state index is 0.435. The maximum Gasteiger partial charge on any atom is 0.312 e. The second-order valence-electron chi connectivity index (χ2n) is 4.44. The van der Waals surface area contributed by atoms with Crippen molar-refractivity contribution in [3.05, 3.63) is 27.2 Å². The van der Waals surface area contributed by atoms with E-state index >= 15 is 0 Å². The molecule has 0 radical (unpaired) electrons. The number of aromatic nitrogens is 2. The molecule has 0 spiro atoms. The zero-order valence-corrected chi connectivity index (χ0v) is 11.8. The number of carbonyl (C=O) groups is 1. The van der Waals surface area contributed by atoms with Gasteiger partial charge in [-0.25, -0.2) is 9.97 Å². The second-order valence-corrected chi connectivity index (χ2v) is 6.25. The average Bonchev–Trinajstić information content (AvgIpc) is 3.04. The highest BCUT2D eigenvalue weighted by atomic mass is 32.1.